The maximum absolute atomic E-state index is 12.1. The zero-order chi connectivity index (χ0) is 20.9. The van der Waals surface area contributed by atoms with Gasteiger partial charge in [0, 0.05) is 52.4 Å². The average molecular weight is 416 g/mol. The fourth-order valence-electron chi connectivity index (χ4n) is 2.92. The molecule has 0 amide bonds. The number of ketones is 1. The number of β-amino-alcohol motifs (C(OH)–C–C–N with tert-alkyl or cyclic N) is 1. The molecular weight excluding hydrogens is 386 g/mol. The lowest BCUT2D eigenvalue weighted by molar-refractivity contribution is 0.0556. The van der Waals surface area contributed by atoms with Gasteiger partial charge in [0.1, 0.15) is 12.7 Å². The largest absolute Gasteiger partial charge is 0.493 e. The fourth-order valence-corrected chi connectivity index (χ4v) is 4.00. The molecule has 1 N–H and O–H groups in total. The van der Waals surface area contributed by atoms with E-state index in [0.29, 0.717) is 49.8 Å². The van der Waals surface area contributed by atoms with Crippen molar-refractivity contribution < 1.29 is 27.8 Å². The summed E-state index contributed by atoms with van der Waals surface area (Å²) < 4.78 is 37.8. The number of hydrogen-bond acceptors (Lipinski definition) is 7. The maximum atomic E-state index is 12.1. The van der Waals surface area contributed by atoms with Crippen LogP contribution in [0.5, 0.6) is 11.5 Å². The van der Waals surface area contributed by atoms with Crippen molar-refractivity contribution in [1.82, 2.24) is 13.5 Å². The number of aliphatic hydroxyl groups is 1. The van der Waals surface area contributed by atoms with Gasteiger partial charge in [0.25, 0.3) is 10.2 Å². The molecule has 1 aliphatic rings. The van der Waals surface area contributed by atoms with Crippen molar-refractivity contribution in [3.05, 3.63) is 23.8 Å². The van der Waals surface area contributed by atoms with E-state index in [4.69, 9.17) is 9.47 Å². The SMILES string of the molecule is COc1cc(C(C)=O)ccc1OC[C@H](O)CN1CCN(S(=O)(=O)N(C)C)CC1. The monoisotopic (exact) mass is 415 g/mol. The van der Waals surface area contributed by atoms with Crippen molar-refractivity contribution in [2.45, 2.75) is 13.0 Å². The maximum Gasteiger partial charge on any atom is 0.281 e. The third-order valence-corrected chi connectivity index (χ3v) is 6.53. The first-order valence-electron chi connectivity index (χ1n) is 9.05. The summed E-state index contributed by atoms with van der Waals surface area (Å²) in [6, 6.07) is 4.90. The highest BCUT2D eigenvalue weighted by Crippen LogP contribution is 2.28. The lowest BCUT2D eigenvalue weighted by Crippen LogP contribution is -2.53. The van der Waals surface area contributed by atoms with Crippen LogP contribution in [0.3, 0.4) is 0 Å². The number of carbonyl (C=O) groups is 1. The highest BCUT2D eigenvalue weighted by Gasteiger charge is 2.29. The van der Waals surface area contributed by atoms with E-state index in [9.17, 15) is 18.3 Å². The van der Waals surface area contributed by atoms with Crippen LogP contribution in [0.1, 0.15) is 17.3 Å². The normalized spacial score (nSPS) is 17.5. The smallest absolute Gasteiger partial charge is 0.281 e. The molecule has 0 unspecified atom stereocenters. The topological polar surface area (TPSA) is 99.6 Å². The quantitative estimate of drug-likeness (QED) is 0.570. The predicted molar refractivity (Wildman–Crippen MR) is 105 cm³/mol. The Balaban J connectivity index is 1.84. The van der Waals surface area contributed by atoms with Crippen LogP contribution in [0, 0.1) is 0 Å². The van der Waals surface area contributed by atoms with Crippen LogP contribution in [0.4, 0.5) is 0 Å². The van der Waals surface area contributed by atoms with E-state index in [1.807, 2.05) is 4.90 Å². The summed E-state index contributed by atoms with van der Waals surface area (Å²) in [6.07, 6.45) is -0.741. The second-order valence-corrected chi connectivity index (χ2v) is 9.02. The van der Waals surface area contributed by atoms with Crippen LogP contribution >= 0.6 is 0 Å². The Hall–Kier alpha value is -1.72. The van der Waals surface area contributed by atoms with Crippen molar-refractivity contribution in [2.75, 3.05) is 60.5 Å². The molecule has 0 spiro atoms. The Morgan fingerprint density at radius 3 is 2.39 bits per heavy atom. The second kappa shape index (κ2) is 9.66. The van der Waals surface area contributed by atoms with E-state index >= 15 is 0 Å². The number of ether oxygens (including phenoxy) is 2. The summed E-state index contributed by atoms with van der Waals surface area (Å²) in [5.74, 6) is 0.816. The first-order valence-corrected chi connectivity index (χ1v) is 10.4. The molecular formula is C18H29N3O6S. The summed E-state index contributed by atoms with van der Waals surface area (Å²) in [4.78, 5) is 13.5. The molecule has 0 radical (unpaired) electrons. The number of rotatable bonds is 9. The standard InChI is InChI=1S/C18H29N3O6S/c1-14(22)15-5-6-17(18(11-15)26-4)27-13-16(23)12-20-7-9-21(10-8-20)28(24,25)19(2)3/h5-6,11,16,23H,7-10,12-13H2,1-4H3/t16-/m1/s1. The third kappa shape index (κ3) is 5.65. The Morgan fingerprint density at radius 2 is 1.86 bits per heavy atom. The van der Waals surface area contributed by atoms with E-state index in [1.54, 1.807) is 18.2 Å². The molecule has 1 fully saturated rings. The molecule has 28 heavy (non-hydrogen) atoms. The van der Waals surface area contributed by atoms with Gasteiger partial charge in [-0.1, -0.05) is 0 Å². The Kier molecular flexibility index (Phi) is 7.79. The summed E-state index contributed by atoms with van der Waals surface area (Å²) in [5, 5.41) is 10.3. The van der Waals surface area contributed by atoms with Crippen LogP contribution in [-0.4, -0.2) is 99.5 Å². The number of Topliss-reactive ketones (excluding diaryl/α,β-unsaturated/α-hetero) is 1. The molecule has 158 valence electrons. The van der Waals surface area contributed by atoms with Gasteiger partial charge in [0.05, 0.1) is 7.11 Å². The van der Waals surface area contributed by atoms with Gasteiger partial charge in [0.2, 0.25) is 0 Å². The van der Waals surface area contributed by atoms with Crippen LogP contribution in [0.2, 0.25) is 0 Å². The van der Waals surface area contributed by atoms with Crippen molar-refractivity contribution in [2.24, 2.45) is 0 Å². The Labute approximate surface area is 166 Å². The van der Waals surface area contributed by atoms with E-state index in [2.05, 4.69) is 0 Å². The third-order valence-electron chi connectivity index (χ3n) is 4.59. The Morgan fingerprint density at radius 1 is 1.21 bits per heavy atom. The zero-order valence-electron chi connectivity index (χ0n) is 16.8. The van der Waals surface area contributed by atoms with Crippen molar-refractivity contribution in [3.63, 3.8) is 0 Å². The summed E-state index contributed by atoms with van der Waals surface area (Å²) in [6.45, 7) is 3.77. The van der Waals surface area contributed by atoms with Gasteiger partial charge in [-0.3, -0.25) is 9.69 Å². The molecule has 1 aromatic carbocycles. The van der Waals surface area contributed by atoms with Crippen LogP contribution < -0.4 is 9.47 Å². The molecule has 1 atom stereocenters. The minimum Gasteiger partial charge on any atom is -0.493 e. The number of aliphatic hydroxyl groups excluding tert-OH is 1. The highest BCUT2D eigenvalue weighted by atomic mass is 32.2. The van der Waals surface area contributed by atoms with E-state index in [1.165, 1.54) is 36.7 Å². The van der Waals surface area contributed by atoms with Crippen LogP contribution in [0.15, 0.2) is 18.2 Å². The van der Waals surface area contributed by atoms with Gasteiger partial charge in [-0.25, -0.2) is 0 Å². The number of piperazine rings is 1. The van der Waals surface area contributed by atoms with Crippen molar-refractivity contribution in [3.8, 4) is 11.5 Å². The van der Waals surface area contributed by atoms with Gasteiger partial charge in [-0.05, 0) is 25.1 Å². The van der Waals surface area contributed by atoms with Crippen molar-refractivity contribution >= 4 is 16.0 Å². The summed E-state index contributed by atoms with van der Waals surface area (Å²) in [7, 11) is 1.12. The number of nitrogens with zero attached hydrogens (tertiary/aromatic N) is 3. The zero-order valence-corrected chi connectivity index (χ0v) is 17.6. The predicted octanol–water partition coefficient (Wildman–Crippen LogP) is 0.0615. The molecule has 9 nitrogen and oxygen atoms in total. The molecule has 0 saturated carbocycles. The molecule has 1 heterocycles. The minimum absolute atomic E-state index is 0.0615. The molecule has 1 saturated heterocycles. The molecule has 1 aromatic rings. The van der Waals surface area contributed by atoms with E-state index < -0.39 is 16.3 Å². The van der Waals surface area contributed by atoms with Crippen LogP contribution in [0.25, 0.3) is 0 Å². The molecule has 10 heteroatoms. The highest BCUT2D eigenvalue weighted by molar-refractivity contribution is 7.86. The average Bonchev–Trinajstić information content (AvgIpc) is 2.66. The molecule has 2 rings (SSSR count). The van der Waals surface area contributed by atoms with Gasteiger partial charge < -0.3 is 14.6 Å². The number of methoxy groups -OCH3 is 1. The van der Waals surface area contributed by atoms with E-state index in [-0.39, 0.29) is 12.4 Å². The number of hydrogen-bond donors (Lipinski definition) is 1. The van der Waals surface area contributed by atoms with E-state index in [0.717, 1.165) is 0 Å². The van der Waals surface area contributed by atoms with Gasteiger partial charge in [0.15, 0.2) is 17.3 Å². The summed E-state index contributed by atoms with van der Waals surface area (Å²) in [5.41, 5.74) is 0.523. The first-order chi connectivity index (χ1) is 13.1. The summed E-state index contributed by atoms with van der Waals surface area (Å²) >= 11 is 0. The molecule has 0 aliphatic carbocycles. The second-order valence-electron chi connectivity index (χ2n) is 6.88. The van der Waals surface area contributed by atoms with Gasteiger partial charge >= 0.3 is 0 Å². The molecule has 1 aliphatic heterocycles. The number of benzene rings is 1. The lowest BCUT2D eigenvalue weighted by atomic mass is 10.1. The van der Waals surface area contributed by atoms with Gasteiger partial charge in [-0.15, -0.1) is 0 Å². The minimum atomic E-state index is -3.40. The Bertz CT molecular complexity index is 776. The van der Waals surface area contributed by atoms with Crippen LogP contribution in [-0.2, 0) is 10.2 Å². The first kappa shape index (κ1) is 22.6. The van der Waals surface area contributed by atoms with Gasteiger partial charge in [-0.2, -0.15) is 17.0 Å². The molecule has 0 aromatic heterocycles. The molecule has 0 bridgehead atoms. The van der Waals surface area contributed by atoms with Crippen molar-refractivity contribution in [1.29, 1.82) is 0 Å². The fraction of sp³-hybridized carbons (Fsp3) is 0.611. The number of carbonyl (C=O) groups excluding carboxylic acids is 1. The lowest BCUT2D eigenvalue weighted by Gasteiger charge is -2.35.